The average Bonchev–Trinajstić information content (AvgIpc) is 2.48. The van der Waals surface area contributed by atoms with Crippen LogP contribution >= 0.6 is 0 Å². The molecule has 0 bridgehead atoms. The first kappa shape index (κ1) is 9.40. The molecule has 2 rings (SSSR count). The predicted octanol–water partition coefficient (Wildman–Crippen LogP) is 1.03. The maximum atomic E-state index is 4.02. The number of rotatable bonds is 2. The van der Waals surface area contributed by atoms with Gasteiger partial charge < -0.3 is 10.6 Å². The smallest absolute Gasteiger partial charge is 0.148 e. The van der Waals surface area contributed by atoms with Gasteiger partial charge >= 0.3 is 0 Å². The van der Waals surface area contributed by atoms with Crippen LogP contribution in [0.4, 0.5) is 5.82 Å². The maximum Gasteiger partial charge on any atom is 0.148 e. The van der Waals surface area contributed by atoms with Crippen molar-refractivity contribution in [3.05, 3.63) is 18.3 Å². The fraction of sp³-hybridized carbons (Fsp3) is 0.600. The molecule has 4 nitrogen and oxygen atoms in total. The van der Waals surface area contributed by atoms with E-state index in [4.69, 9.17) is 0 Å². The van der Waals surface area contributed by atoms with Crippen LogP contribution in [0.3, 0.4) is 0 Å². The summed E-state index contributed by atoms with van der Waals surface area (Å²) in [6, 6.07) is 4.41. The topological polar surface area (TPSA) is 49.8 Å². The molecular weight excluding hydrogens is 176 g/mol. The highest BCUT2D eigenvalue weighted by Gasteiger charge is 2.11. The molecule has 0 spiro atoms. The third-order valence-corrected chi connectivity index (χ3v) is 2.50. The van der Waals surface area contributed by atoms with Crippen molar-refractivity contribution in [2.75, 3.05) is 18.4 Å². The Morgan fingerprint density at radius 2 is 2.36 bits per heavy atom. The Hall–Kier alpha value is -1.16. The zero-order chi connectivity index (χ0) is 9.64. The fourth-order valence-electron chi connectivity index (χ4n) is 1.75. The van der Waals surface area contributed by atoms with Crippen molar-refractivity contribution >= 4 is 5.82 Å². The number of nitrogens with zero attached hydrogens (tertiary/aromatic N) is 2. The van der Waals surface area contributed by atoms with Gasteiger partial charge in [-0.15, -0.1) is 5.10 Å². The van der Waals surface area contributed by atoms with E-state index in [9.17, 15) is 0 Å². The normalized spacial score (nSPS) is 22.7. The summed E-state index contributed by atoms with van der Waals surface area (Å²) in [4.78, 5) is 0. The van der Waals surface area contributed by atoms with Crippen LogP contribution in [0.1, 0.15) is 19.3 Å². The Bertz CT molecular complexity index is 254. The first-order valence-corrected chi connectivity index (χ1v) is 5.20. The van der Waals surface area contributed by atoms with Gasteiger partial charge in [0.2, 0.25) is 0 Å². The van der Waals surface area contributed by atoms with Gasteiger partial charge in [0, 0.05) is 12.2 Å². The first-order chi connectivity index (χ1) is 6.95. The second kappa shape index (κ2) is 4.91. The molecule has 14 heavy (non-hydrogen) atoms. The van der Waals surface area contributed by atoms with Crippen LogP contribution in [-0.2, 0) is 0 Å². The minimum absolute atomic E-state index is 0.543. The molecule has 1 aliphatic heterocycles. The monoisotopic (exact) mass is 192 g/mol. The van der Waals surface area contributed by atoms with E-state index in [2.05, 4.69) is 20.8 Å². The molecule has 0 saturated carbocycles. The molecule has 2 heterocycles. The average molecular weight is 192 g/mol. The molecule has 0 amide bonds. The summed E-state index contributed by atoms with van der Waals surface area (Å²) < 4.78 is 0. The molecule has 76 valence electrons. The number of aromatic nitrogens is 2. The van der Waals surface area contributed by atoms with Crippen LogP contribution in [-0.4, -0.2) is 29.3 Å². The van der Waals surface area contributed by atoms with Gasteiger partial charge in [-0.3, -0.25) is 0 Å². The lowest BCUT2D eigenvalue weighted by molar-refractivity contribution is 0.633. The molecule has 4 heteroatoms. The van der Waals surface area contributed by atoms with Crippen molar-refractivity contribution in [2.45, 2.75) is 25.3 Å². The number of hydrogen-bond acceptors (Lipinski definition) is 4. The van der Waals surface area contributed by atoms with E-state index in [1.807, 2.05) is 12.1 Å². The van der Waals surface area contributed by atoms with Gasteiger partial charge in [-0.2, -0.15) is 5.10 Å². The van der Waals surface area contributed by atoms with Gasteiger partial charge in [0.25, 0.3) is 0 Å². The predicted molar refractivity (Wildman–Crippen MR) is 56.2 cm³/mol. The fourth-order valence-corrected chi connectivity index (χ4v) is 1.75. The lowest BCUT2D eigenvalue weighted by atomic mass is 10.1. The molecule has 0 aromatic carbocycles. The van der Waals surface area contributed by atoms with Crippen LogP contribution in [0.5, 0.6) is 0 Å². The maximum absolute atomic E-state index is 4.02. The molecule has 0 radical (unpaired) electrons. The SMILES string of the molecule is c1cnnc(NC2CCCNCC2)c1. The Labute approximate surface area is 84.1 Å². The highest BCUT2D eigenvalue weighted by atomic mass is 15.2. The summed E-state index contributed by atoms with van der Waals surface area (Å²) >= 11 is 0. The zero-order valence-corrected chi connectivity index (χ0v) is 8.24. The minimum atomic E-state index is 0.543. The lowest BCUT2D eigenvalue weighted by Gasteiger charge is -2.15. The van der Waals surface area contributed by atoms with Crippen LogP contribution in [0, 0.1) is 0 Å². The third kappa shape index (κ3) is 2.67. The van der Waals surface area contributed by atoms with Gasteiger partial charge in [0.05, 0.1) is 0 Å². The number of hydrogen-bond donors (Lipinski definition) is 2. The standard InChI is InChI=1S/C10H16N4/c1-3-9(5-8-11-6-1)13-10-4-2-7-12-14-10/h2,4,7,9,11H,1,3,5-6,8H2,(H,13,14). The van der Waals surface area contributed by atoms with E-state index in [1.54, 1.807) is 6.20 Å². The van der Waals surface area contributed by atoms with Crippen LogP contribution in [0.25, 0.3) is 0 Å². The molecular formula is C10H16N4. The Balaban J connectivity index is 1.90. The van der Waals surface area contributed by atoms with Gasteiger partial charge in [0.15, 0.2) is 0 Å². The summed E-state index contributed by atoms with van der Waals surface area (Å²) in [5.41, 5.74) is 0. The molecule has 2 N–H and O–H groups in total. The van der Waals surface area contributed by atoms with E-state index >= 15 is 0 Å². The first-order valence-electron chi connectivity index (χ1n) is 5.20. The number of nitrogens with one attached hydrogen (secondary N) is 2. The van der Waals surface area contributed by atoms with E-state index in [0.717, 1.165) is 25.3 Å². The summed E-state index contributed by atoms with van der Waals surface area (Å²) in [6.45, 7) is 2.23. The van der Waals surface area contributed by atoms with E-state index in [-0.39, 0.29) is 0 Å². The van der Waals surface area contributed by atoms with E-state index in [1.165, 1.54) is 12.8 Å². The zero-order valence-electron chi connectivity index (χ0n) is 8.24. The van der Waals surface area contributed by atoms with Crippen LogP contribution in [0.15, 0.2) is 18.3 Å². The molecule has 1 atom stereocenters. The summed E-state index contributed by atoms with van der Waals surface area (Å²) in [5.74, 6) is 0.888. The molecule has 1 unspecified atom stereocenters. The van der Waals surface area contributed by atoms with Crippen molar-refractivity contribution in [3.63, 3.8) is 0 Å². The Kier molecular flexibility index (Phi) is 3.29. The van der Waals surface area contributed by atoms with Crippen molar-refractivity contribution in [1.82, 2.24) is 15.5 Å². The van der Waals surface area contributed by atoms with Gasteiger partial charge in [-0.1, -0.05) is 0 Å². The molecule has 1 saturated heterocycles. The second-order valence-corrected chi connectivity index (χ2v) is 3.63. The largest absolute Gasteiger partial charge is 0.366 e. The van der Waals surface area contributed by atoms with Crippen molar-refractivity contribution in [2.24, 2.45) is 0 Å². The Morgan fingerprint density at radius 3 is 3.21 bits per heavy atom. The molecule has 1 aromatic heterocycles. The molecule has 1 aliphatic rings. The lowest BCUT2D eigenvalue weighted by Crippen LogP contribution is -2.22. The third-order valence-electron chi connectivity index (χ3n) is 2.50. The van der Waals surface area contributed by atoms with Crippen molar-refractivity contribution in [1.29, 1.82) is 0 Å². The van der Waals surface area contributed by atoms with Gasteiger partial charge in [0.1, 0.15) is 5.82 Å². The summed E-state index contributed by atoms with van der Waals surface area (Å²) in [7, 11) is 0. The summed E-state index contributed by atoms with van der Waals surface area (Å²) in [5, 5.41) is 14.7. The van der Waals surface area contributed by atoms with Crippen LogP contribution < -0.4 is 10.6 Å². The molecule has 1 aromatic rings. The Morgan fingerprint density at radius 1 is 1.36 bits per heavy atom. The van der Waals surface area contributed by atoms with Gasteiger partial charge in [-0.25, -0.2) is 0 Å². The number of anilines is 1. The van der Waals surface area contributed by atoms with Gasteiger partial charge in [-0.05, 0) is 44.5 Å². The van der Waals surface area contributed by atoms with Crippen molar-refractivity contribution in [3.8, 4) is 0 Å². The quantitative estimate of drug-likeness (QED) is 0.735. The minimum Gasteiger partial charge on any atom is -0.366 e. The van der Waals surface area contributed by atoms with Crippen molar-refractivity contribution < 1.29 is 0 Å². The second-order valence-electron chi connectivity index (χ2n) is 3.63. The van der Waals surface area contributed by atoms with Crippen LogP contribution in [0.2, 0.25) is 0 Å². The molecule has 1 fully saturated rings. The highest BCUT2D eigenvalue weighted by molar-refractivity contribution is 5.32. The van der Waals surface area contributed by atoms with E-state index < -0.39 is 0 Å². The van der Waals surface area contributed by atoms with E-state index in [0.29, 0.717) is 6.04 Å². The molecule has 0 aliphatic carbocycles. The summed E-state index contributed by atoms with van der Waals surface area (Å²) in [6.07, 6.45) is 5.30. The highest BCUT2D eigenvalue weighted by Crippen LogP contribution is 2.10.